The van der Waals surface area contributed by atoms with Gasteiger partial charge in [0.15, 0.2) is 0 Å². The van der Waals surface area contributed by atoms with Crippen molar-refractivity contribution in [2.24, 2.45) is 5.41 Å². The molecule has 1 fully saturated rings. The van der Waals surface area contributed by atoms with E-state index in [2.05, 4.69) is 19.2 Å². The van der Waals surface area contributed by atoms with Crippen LogP contribution in [0.15, 0.2) is 48.5 Å². The van der Waals surface area contributed by atoms with Gasteiger partial charge in [-0.2, -0.15) is 0 Å². The van der Waals surface area contributed by atoms with Crippen LogP contribution >= 0.6 is 11.6 Å². The minimum absolute atomic E-state index is 0.0133. The number of nitrogens with one attached hydrogen (secondary N) is 1. The molecule has 1 aromatic heterocycles. The molecule has 1 saturated carbocycles. The molecule has 2 unspecified atom stereocenters. The summed E-state index contributed by atoms with van der Waals surface area (Å²) in [5.41, 5.74) is 3.37. The molecule has 1 heterocycles. The maximum atomic E-state index is 13.6. The Balaban J connectivity index is 1.66. The standard InChI is InChI=1S/C22H20ClN3O/c1-21(2)15-10-11-22(21,20(27)24-14-7-5-6-13(23)12-14)19-18(15)25-16-8-3-4-9-17(16)26-19/h3-9,12,15H,10-11H2,1-2H3,(H,24,27). The van der Waals surface area contributed by atoms with Gasteiger partial charge in [0.1, 0.15) is 0 Å². The molecule has 2 aromatic carbocycles. The highest BCUT2D eigenvalue weighted by atomic mass is 35.5. The lowest BCUT2D eigenvalue weighted by molar-refractivity contribution is -0.124. The van der Waals surface area contributed by atoms with Crippen LogP contribution in [0.4, 0.5) is 5.69 Å². The molecule has 3 aromatic rings. The highest BCUT2D eigenvalue weighted by Gasteiger charge is 2.67. The third kappa shape index (κ3) is 2.13. The highest BCUT2D eigenvalue weighted by Crippen LogP contribution is 2.67. The van der Waals surface area contributed by atoms with Crippen molar-refractivity contribution in [1.29, 1.82) is 0 Å². The zero-order valence-electron chi connectivity index (χ0n) is 15.3. The van der Waals surface area contributed by atoms with E-state index in [4.69, 9.17) is 21.6 Å². The fraction of sp³-hybridized carbons (Fsp3) is 0.318. The molecule has 2 atom stereocenters. The molecule has 0 spiro atoms. The Morgan fingerprint density at radius 3 is 2.59 bits per heavy atom. The van der Waals surface area contributed by atoms with E-state index in [0.717, 1.165) is 35.3 Å². The highest BCUT2D eigenvalue weighted by molar-refractivity contribution is 6.30. The Morgan fingerprint density at radius 1 is 1.11 bits per heavy atom. The van der Waals surface area contributed by atoms with Crippen LogP contribution in [0.25, 0.3) is 11.0 Å². The van der Waals surface area contributed by atoms with E-state index in [1.54, 1.807) is 12.1 Å². The van der Waals surface area contributed by atoms with Crippen molar-refractivity contribution in [1.82, 2.24) is 9.97 Å². The number of aromatic nitrogens is 2. The summed E-state index contributed by atoms with van der Waals surface area (Å²) in [6.07, 6.45) is 1.74. The van der Waals surface area contributed by atoms with Gasteiger partial charge in [-0.25, -0.2) is 9.97 Å². The Hall–Kier alpha value is -2.46. The molecule has 2 aliphatic rings. The number of nitrogens with zero attached hydrogens (tertiary/aromatic N) is 2. The minimum atomic E-state index is -0.674. The molecule has 0 saturated heterocycles. The van der Waals surface area contributed by atoms with Crippen LogP contribution in [-0.4, -0.2) is 15.9 Å². The number of anilines is 1. The number of amides is 1. The van der Waals surface area contributed by atoms with E-state index in [1.165, 1.54) is 0 Å². The number of rotatable bonds is 2. The van der Waals surface area contributed by atoms with Gasteiger partial charge in [0.2, 0.25) is 5.91 Å². The Morgan fingerprint density at radius 2 is 1.85 bits per heavy atom. The van der Waals surface area contributed by atoms with Crippen LogP contribution in [0.3, 0.4) is 0 Å². The number of carbonyl (C=O) groups excluding carboxylic acids is 1. The van der Waals surface area contributed by atoms with Crippen molar-refractivity contribution >= 4 is 34.2 Å². The summed E-state index contributed by atoms with van der Waals surface area (Å²) in [5.74, 6) is 0.232. The first-order valence-electron chi connectivity index (χ1n) is 9.28. The molecule has 2 aliphatic carbocycles. The van der Waals surface area contributed by atoms with Crippen molar-refractivity contribution in [3.63, 3.8) is 0 Å². The summed E-state index contributed by atoms with van der Waals surface area (Å²) in [5, 5.41) is 3.70. The van der Waals surface area contributed by atoms with Crippen LogP contribution in [0.5, 0.6) is 0 Å². The quantitative estimate of drug-likeness (QED) is 0.677. The monoisotopic (exact) mass is 377 g/mol. The summed E-state index contributed by atoms with van der Waals surface area (Å²) in [7, 11) is 0. The molecular formula is C22H20ClN3O. The predicted octanol–water partition coefficient (Wildman–Crippen LogP) is 5.08. The van der Waals surface area contributed by atoms with Gasteiger partial charge in [-0.1, -0.05) is 43.6 Å². The SMILES string of the molecule is CC1(C)C2CCC1(C(=O)Nc1cccc(Cl)c1)c1nc3ccccc3nc12. The molecule has 1 amide bonds. The maximum absolute atomic E-state index is 13.6. The van der Waals surface area contributed by atoms with Crippen molar-refractivity contribution in [3.05, 3.63) is 64.9 Å². The zero-order valence-corrected chi connectivity index (χ0v) is 16.0. The van der Waals surface area contributed by atoms with E-state index in [-0.39, 0.29) is 17.2 Å². The number of benzene rings is 2. The van der Waals surface area contributed by atoms with Crippen molar-refractivity contribution in [3.8, 4) is 0 Å². The average Bonchev–Trinajstić information content (AvgIpc) is 3.02. The second-order valence-electron chi connectivity index (χ2n) is 8.13. The first-order valence-corrected chi connectivity index (χ1v) is 9.65. The topological polar surface area (TPSA) is 54.9 Å². The Bertz CT molecular complexity index is 1090. The largest absolute Gasteiger partial charge is 0.325 e. The van der Waals surface area contributed by atoms with Crippen LogP contribution in [0, 0.1) is 5.41 Å². The number of halogens is 1. The van der Waals surface area contributed by atoms with Crippen LogP contribution in [0.2, 0.25) is 5.02 Å². The van der Waals surface area contributed by atoms with Crippen LogP contribution < -0.4 is 5.32 Å². The molecule has 0 radical (unpaired) electrons. The summed E-state index contributed by atoms with van der Waals surface area (Å²) in [6.45, 7) is 4.35. The maximum Gasteiger partial charge on any atom is 0.237 e. The average molecular weight is 378 g/mol. The van der Waals surface area contributed by atoms with Gasteiger partial charge < -0.3 is 5.32 Å². The molecule has 1 N–H and O–H groups in total. The first kappa shape index (κ1) is 16.7. The molecule has 136 valence electrons. The van der Waals surface area contributed by atoms with Crippen molar-refractivity contribution < 1.29 is 4.79 Å². The summed E-state index contributed by atoms with van der Waals surface area (Å²) in [4.78, 5) is 23.5. The third-order valence-corrected chi connectivity index (χ3v) is 6.82. The van der Waals surface area contributed by atoms with Gasteiger partial charge in [0.05, 0.1) is 27.8 Å². The molecule has 0 aliphatic heterocycles. The van der Waals surface area contributed by atoms with E-state index in [0.29, 0.717) is 10.7 Å². The zero-order chi connectivity index (χ0) is 18.8. The Labute approximate surface area is 163 Å². The molecular weight excluding hydrogens is 358 g/mol. The molecule has 2 bridgehead atoms. The number of hydrogen-bond acceptors (Lipinski definition) is 3. The van der Waals surface area contributed by atoms with E-state index >= 15 is 0 Å². The normalized spacial score (nSPS) is 24.8. The van der Waals surface area contributed by atoms with Gasteiger partial charge in [-0.3, -0.25) is 4.79 Å². The smallest absolute Gasteiger partial charge is 0.237 e. The number of hydrogen-bond donors (Lipinski definition) is 1. The summed E-state index contributed by atoms with van der Waals surface area (Å²) < 4.78 is 0. The fourth-order valence-corrected chi connectivity index (χ4v) is 5.32. The molecule has 5 rings (SSSR count). The predicted molar refractivity (Wildman–Crippen MR) is 107 cm³/mol. The summed E-state index contributed by atoms with van der Waals surface area (Å²) in [6, 6.07) is 15.2. The molecule has 27 heavy (non-hydrogen) atoms. The Kier molecular flexibility index (Phi) is 3.41. The van der Waals surface area contributed by atoms with Gasteiger partial charge in [-0.05, 0) is 48.6 Å². The second kappa shape index (κ2) is 5.52. The van der Waals surface area contributed by atoms with E-state index < -0.39 is 5.41 Å². The lowest BCUT2D eigenvalue weighted by Gasteiger charge is -2.36. The lowest BCUT2D eigenvalue weighted by atomic mass is 9.67. The van der Waals surface area contributed by atoms with Gasteiger partial charge in [-0.15, -0.1) is 0 Å². The van der Waals surface area contributed by atoms with Gasteiger partial charge in [0, 0.05) is 16.6 Å². The van der Waals surface area contributed by atoms with Crippen molar-refractivity contribution in [2.45, 2.75) is 38.0 Å². The summed E-state index contributed by atoms with van der Waals surface area (Å²) >= 11 is 6.09. The van der Waals surface area contributed by atoms with Crippen LogP contribution in [-0.2, 0) is 10.2 Å². The van der Waals surface area contributed by atoms with E-state index in [1.807, 2.05) is 36.4 Å². The van der Waals surface area contributed by atoms with Gasteiger partial charge >= 0.3 is 0 Å². The number of carbonyl (C=O) groups is 1. The third-order valence-electron chi connectivity index (χ3n) is 6.58. The molecule has 4 nitrogen and oxygen atoms in total. The van der Waals surface area contributed by atoms with E-state index in [9.17, 15) is 4.79 Å². The fourth-order valence-electron chi connectivity index (χ4n) is 5.13. The number of para-hydroxylation sites is 2. The lowest BCUT2D eigenvalue weighted by Crippen LogP contribution is -2.46. The number of fused-ring (bicyclic) bond motifs is 6. The minimum Gasteiger partial charge on any atom is -0.325 e. The second-order valence-corrected chi connectivity index (χ2v) is 8.57. The molecule has 5 heteroatoms. The van der Waals surface area contributed by atoms with Crippen LogP contribution in [0.1, 0.15) is 44.0 Å². The first-order chi connectivity index (χ1) is 12.9. The van der Waals surface area contributed by atoms with Crippen molar-refractivity contribution in [2.75, 3.05) is 5.32 Å². The van der Waals surface area contributed by atoms with Gasteiger partial charge in [0.25, 0.3) is 0 Å².